The molecular weight excluding hydrogens is 202 g/mol. The van der Waals surface area contributed by atoms with Crippen LogP contribution < -0.4 is 5.32 Å². The summed E-state index contributed by atoms with van der Waals surface area (Å²) >= 11 is 0. The fourth-order valence-electron chi connectivity index (χ4n) is 0.935. The summed E-state index contributed by atoms with van der Waals surface area (Å²) in [5, 5.41) is 12.1. The highest BCUT2D eigenvalue weighted by atomic mass is 32.2. The topological polar surface area (TPSA) is 66.4 Å². The van der Waals surface area contributed by atoms with Gasteiger partial charge in [-0.3, -0.25) is 0 Å². The molecule has 86 valence electrons. The molecule has 0 bridgehead atoms. The normalized spacial score (nSPS) is 15.5. The van der Waals surface area contributed by atoms with Gasteiger partial charge in [-0.15, -0.1) is 0 Å². The predicted octanol–water partition coefficient (Wildman–Crippen LogP) is 0.170. The fourth-order valence-corrected chi connectivity index (χ4v) is 2.13. The maximum absolute atomic E-state index is 11.6. The van der Waals surface area contributed by atoms with Gasteiger partial charge in [-0.25, -0.2) is 8.42 Å². The van der Waals surface area contributed by atoms with Crippen LogP contribution in [0.3, 0.4) is 0 Å². The van der Waals surface area contributed by atoms with Gasteiger partial charge in [-0.2, -0.15) is 0 Å². The standard InChI is InChI=1S/C9H21NO3S/c1-9(2,3)14(12,13)6-5-8(11)7-10-4/h8,10-11H,5-7H2,1-4H3. The second-order valence-electron chi connectivity index (χ2n) is 4.43. The Labute approximate surface area is 86.6 Å². The summed E-state index contributed by atoms with van der Waals surface area (Å²) in [6.45, 7) is 5.45. The molecule has 4 nitrogen and oxygen atoms in total. The Bertz CT molecular complexity index is 254. The lowest BCUT2D eigenvalue weighted by Gasteiger charge is -2.20. The van der Waals surface area contributed by atoms with Crippen molar-refractivity contribution in [2.45, 2.75) is 38.0 Å². The Morgan fingerprint density at radius 2 is 1.86 bits per heavy atom. The van der Waals surface area contributed by atoms with Crippen LogP contribution >= 0.6 is 0 Å². The van der Waals surface area contributed by atoms with E-state index >= 15 is 0 Å². The minimum absolute atomic E-state index is 0.0410. The van der Waals surface area contributed by atoms with E-state index in [4.69, 9.17) is 0 Å². The second-order valence-corrected chi connectivity index (χ2v) is 7.29. The van der Waals surface area contributed by atoms with Gasteiger partial charge in [0.2, 0.25) is 0 Å². The zero-order chi connectivity index (χ0) is 11.4. The molecule has 1 atom stereocenters. The van der Waals surface area contributed by atoms with Crippen molar-refractivity contribution in [3.05, 3.63) is 0 Å². The monoisotopic (exact) mass is 223 g/mol. The first kappa shape index (κ1) is 13.9. The summed E-state index contributed by atoms with van der Waals surface area (Å²) in [7, 11) is -1.38. The van der Waals surface area contributed by atoms with Gasteiger partial charge in [0.1, 0.15) is 0 Å². The van der Waals surface area contributed by atoms with Gasteiger partial charge in [0.05, 0.1) is 16.6 Å². The minimum Gasteiger partial charge on any atom is -0.392 e. The quantitative estimate of drug-likeness (QED) is 0.697. The molecule has 5 heteroatoms. The first-order valence-corrected chi connectivity index (χ1v) is 6.41. The number of aliphatic hydroxyl groups is 1. The van der Waals surface area contributed by atoms with E-state index in [9.17, 15) is 13.5 Å². The third kappa shape index (κ3) is 4.39. The zero-order valence-electron chi connectivity index (χ0n) is 9.37. The van der Waals surface area contributed by atoms with Crippen LogP contribution in [-0.2, 0) is 9.84 Å². The van der Waals surface area contributed by atoms with Gasteiger partial charge in [0.15, 0.2) is 9.84 Å². The highest BCUT2D eigenvalue weighted by Gasteiger charge is 2.28. The van der Waals surface area contributed by atoms with Gasteiger partial charge in [-0.05, 0) is 34.2 Å². The predicted molar refractivity (Wildman–Crippen MR) is 58.1 cm³/mol. The third-order valence-corrected chi connectivity index (χ3v) is 4.73. The molecule has 0 rings (SSSR count). The largest absolute Gasteiger partial charge is 0.392 e. The van der Waals surface area contributed by atoms with Crippen LogP contribution in [-0.4, -0.2) is 43.7 Å². The maximum Gasteiger partial charge on any atom is 0.155 e. The number of likely N-dealkylation sites (N-methyl/N-ethyl adjacent to an activating group) is 1. The van der Waals surface area contributed by atoms with Gasteiger partial charge < -0.3 is 10.4 Å². The van der Waals surface area contributed by atoms with Gasteiger partial charge in [0.25, 0.3) is 0 Å². The molecule has 1 unspecified atom stereocenters. The third-order valence-electron chi connectivity index (χ3n) is 2.09. The fraction of sp³-hybridized carbons (Fsp3) is 1.00. The van der Waals surface area contributed by atoms with Gasteiger partial charge >= 0.3 is 0 Å². The molecule has 14 heavy (non-hydrogen) atoms. The maximum atomic E-state index is 11.6. The van der Waals surface area contributed by atoms with Crippen LogP contribution in [0.2, 0.25) is 0 Å². The molecule has 0 aliphatic carbocycles. The molecule has 0 fully saturated rings. The van der Waals surface area contributed by atoms with Crippen LogP contribution in [0.25, 0.3) is 0 Å². The van der Waals surface area contributed by atoms with E-state index in [2.05, 4.69) is 5.32 Å². The molecule has 0 aromatic rings. The number of rotatable bonds is 5. The van der Waals surface area contributed by atoms with Crippen LogP contribution in [0.4, 0.5) is 0 Å². The molecule has 0 saturated heterocycles. The second kappa shape index (κ2) is 5.09. The molecule has 0 saturated carbocycles. The Hall–Kier alpha value is -0.130. The molecule has 0 heterocycles. The van der Waals surface area contributed by atoms with Crippen molar-refractivity contribution < 1.29 is 13.5 Å². The Morgan fingerprint density at radius 1 is 1.36 bits per heavy atom. The lowest BCUT2D eigenvalue weighted by atomic mass is 10.3. The van der Waals surface area contributed by atoms with Crippen LogP contribution in [0.15, 0.2) is 0 Å². The number of sulfone groups is 1. The molecule has 0 spiro atoms. The summed E-state index contributed by atoms with van der Waals surface area (Å²) in [4.78, 5) is 0. The van der Waals surface area contributed by atoms with Gasteiger partial charge in [-0.1, -0.05) is 0 Å². The summed E-state index contributed by atoms with van der Waals surface area (Å²) in [5.41, 5.74) is 0. The average molecular weight is 223 g/mol. The smallest absolute Gasteiger partial charge is 0.155 e. The van der Waals surface area contributed by atoms with Crippen LogP contribution in [0.1, 0.15) is 27.2 Å². The van der Waals surface area contributed by atoms with E-state index in [1.165, 1.54) is 0 Å². The van der Waals surface area contributed by atoms with Crippen molar-refractivity contribution in [1.82, 2.24) is 5.32 Å². The van der Waals surface area contributed by atoms with Crippen molar-refractivity contribution in [3.63, 3.8) is 0 Å². The SMILES string of the molecule is CNCC(O)CCS(=O)(=O)C(C)(C)C. The molecule has 0 aromatic heterocycles. The number of hydrogen-bond acceptors (Lipinski definition) is 4. The molecule has 0 aliphatic heterocycles. The number of hydrogen-bond donors (Lipinski definition) is 2. The van der Waals surface area contributed by atoms with Crippen molar-refractivity contribution in [1.29, 1.82) is 0 Å². The summed E-state index contributed by atoms with van der Waals surface area (Å²) in [6.07, 6.45) is -0.294. The van der Waals surface area contributed by atoms with E-state index in [1.54, 1.807) is 27.8 Å². The Morgan fingerprint density at radius 3 is 2.21 bits per heavy atom. The summed E-state index contributed by atoms with van der Waals surface area (Å²) in [5.74, 6) is 0.0410. The highest BCUT2D eigenvalue weighted by molar-refractivity contribution is 7.92. The van der Waals surface area contributed by atoms with Crippen LogP contribution in [0, 0.1) is 0 Å². The summed E-state index contributed by atoms with van der Waals surface area (Å²) < 4.78 is 22.5. The molecule has 0 amide bonds. The number of nitrogens with one attached hydrogen (secondary N) is 1. The Balaban J connectivity index is 4.14. The van der Waals surface area contributed by atoms with E-state index < -0.39 is 20.7 Å². The van der Waals surface area contributed by atoms with Crippen molar-refractivity contribution in [3.8, 4) is 0 Å². The minimum atomic E-state index is -3.10. The van der Waals surface area contributed by atoms with E-state index in [-0.39, 0.29) is 5.75 Å². The molecular formula is C9H21NO3S. The van der Waals surface area contributed by atoms with Crippen LogP contribution in [0.5, 0.6) is 0 Å². The van der Waals surface area contributed by atoms with Crippen molar-refractivity contribution in [2.24, 2.45) is 0 Å². The zero-order valence-corrected chi connectivity index (χ0v) is 10.2. The van der Waals surface area contributed by atoms with Crippen molar-refractivity contribution >= 4 is 9.84 Å². The lowest BCUT2D eigenvalue weighted by molar-refractivity contribution is 0.171. The van der Waals surface area contributed by atoms with E-state index in [1.807, 2.05) is 0 Å². The first-order chi connectivity index (χ1) is 6.20. The average Bonchev–Trinajstić information content (AvgIpc) is 1.99. The summed E-state index contributed by atoms with van der Waals surface area (Å²) in [6, 6.07) is 0. The molecule has 0 aliphatic rings. The highest BCUT2D eigenvalue weighted by Crippen LogP contribution is 2.17. The molecule has 0 radical (unpaired) electrons. The molecule has 0 aromatic carbocycles. The number of aliphatic hydroxyl groups excluding tert-OH is 1. The van der Waals surface area contributed by atoms with Gasteiger partial charge in [0, 0.05) is 6.54 Å². The molecule has 2 N–H and O–H groups in total. The van der Waals surface area contributed by atoms with E-state index in [0.717, 1.165) is 0 Å². The Kier molecular flexibility index (Phi) is 5.05. The van der Waals surface area contributed by atoms with Crippen molar-refractivity contribution in [2.75, 3.05) is 19.3 Å². The van der Waals surface area contributed by atoms with E-state index in [0.29, 0.717) is 13.0 Å². The first-order valence-electron chi connectivity index (χ1n) is 4.75. The lowest BCUT2D eigenvalue weighted by Crippen LogP contribution is -2.33.